The first kappa shape index (κ1) is 70.6. The predicted molar refractivity (Wildman–Crippen MR) is 378 cm³/mol. The molecule has 11 rings (SSSR count). The SMILES string of the molecule is Cc1ncsc1-c1ccc(CNC(=O)[C@@H]2C[C@@H](O)CN2C(=O)[C@@H](NC(=O)CCCC(=O)N2CCC(CNc3ccc(S(=O)(=O)NC(=O)c4ccc(N5CCN(CC6=C(c7ccc(Cl)cc7)CC(C)(C)CC6)CC5)cc4Oc4cnc5[nH]ccc5c4)cc3[N+](=O)[O-])CC2)C(C)(C)C)cc1. The number of pyridine rings is 1. The number of aryl methyl sites for hydroxylation is 1. The molecule has 98 heavy (non-hydrogen) atoms. The summed E-state index contributed by atoms with van der Waals surface area (Å²) in [6.45, 7) is 17.0. The number of hydrogen-bond donors (Lipinski definition) is 6. The molecule has 3 aliphatic heterocycles. The number of fused-ring (bicyclic) bond motifs is 1. The van der Waals surface area contributed by atoms with E-state index < -0.39 is 72.8 Å². The van der Waals surface area contributed by atoms with Crippen LogP contribution in [0.15, 0.2) is 125 Å². The molecule has 3 atom stereocenters. The van der Waals surface area contributed by atoms with E-state index in [1.165, 1.54) is 46.0 Å². The monoisotopic (exact) mass is 1390 g/mol. The first-order valence-corrected chi connectivity index (χ1v) is 36.1. The Morgan fingerprint density at radius 2 is 1.64 bits per heavy atom. The molecule has 0 saturated carbocycles. The number of rotatable bonds is 23. The third-order valence-corrected chi connectivity index (χ3v) is 21.7. The number of halogens is 1. The normalized spacial score (nSPS) is 18.1. The minimum absolute atomic E-state index is 0.00177. The summed E-state index contributed by atoms with van der Waals surface area (Å²) in [6.07, 6.45) is 6.86. The second-order valence-corrected chi connectivity index (χ2v) is 30.9. The Labute approximate surface area is 580 Å². The molecule has 6 heterocycles. The number of aromatic nitrogens is 3. The highest BCUT2D eigenvalue weighted by atomic mass is 35.5. The van der Waals surface area contributed by atoms with E-state index in [1.807, 2.05) is 49.4 Å². The van der Waals surface area contributed by atoms with Crippen LogP contribution >= 0.6 is 22.9 Å². The maximum absolute atomic E-state index is 14.2. The number of nitrogens with one attached hydrogen (secondary N) is 5. The molecular weight excluding hydrogens is 1310 g/mol. The quantitative estimate of drug-likeness (QED) is 0.0256. The second kappa shape index (κ2) is 30.2. The maximum atomic E-state index is 14.2. The largest absolute Gasteiger partial charge is 0.455 e. The van der Waals surface area contributed by atoms with E-state index in [9.17, 15) is 47.6 Å². The molecule has 3 aromatic heterocycles. The Morgan fingerprint density at radius 3 is 2.35 bits per heavy atom. The lowest BCUT2D eigenvalue weighted by Crippen LogP contribution is -2.57. The van der Waals surface area contributed by atoms with Crippen molar-refractivity contribution in [1.82, 2.24) is 45.0 Å². The molecule has 3 fully saturated rings. The number of sulfonamides is 1. The van der Waals surface area contributed by atoms with E-state index in [-0.39, 0.29) is 79.6 Å². The zero-order valence-electron chi connectivity index (χ0n) is 56.1. The van der Waals surface area contributed by atoms with Crippen LogP contribution in [-0.4, -0.2) is 155 Å². The van der Waals surface area contributed by atoms with Crippen molar-refractivity contribution in [3.63, 3.8) is 0 Å². The van der Waals surface area contributed by atoms with Crippen LogP contribution in [0.2, 0.25) is 5.02 Å². The summed E-state index contributed by atoms with van der Waals surface area (Å²) >= 11 is 7.83. The summed E-state index contributed by atoms with van der Waals surface area (Å²) in [5.41, 5.74) is 8.93. The van der Waals surface area contributed by atoms with E-state index >= 15 is 0 Å². The topological polar surface area (TPSA) is 295 Å². The molecule has 4 aliphatic rings. The van der Waals surface area contributed by atoms with Gasteiger partial charge in [-0.15, -0.1) is 11.3 Å². The molecule has 0 spiro atoms. The van der Waals surface area contributed by atoms with Crippen LogP contribution in [0, 0.1) is 33.8 Å². The first-order valence-electron chi connectivity index (χ1n) is 33.4. The van der Waals surface area contributed by atoms with E-state index in [0.29, 0.717) is 55.4 Å². The van der Waals surface area contributed by atoms with E-state index in [2.05, 4.69) is 71.4 Å². The number of H-pyrrole nitrogens is 1. The standard InChI is InChI=1S/C72H85ClN12O11S2/c1-45-65(97-44-78-45)49-12-10-46(11-13-49)40-77-69(90)61-36-54(86)43-84(61)70(91)66(71(2,3)4)79-63(87)8-7-9-64(88)83-28-24-47(25-29-83)39-75-59-21-19-56(37-60(59)85(92)93)98(94,95)80-68(89)57-20-18-53(35-62(57)96-55-34-50-23-27-74-67(50)76-41-55)82-32-30-81(31-33-82)42-51-22-26-72(5,6)38-58(51)48-14-16-52(73)17-15-48/h10-21,23,27,34-35,37,41,44,47,54,61,66,75,86H,7-9,22,24-26,28-33,36,38-40,42-43H2,1-6H3,(H,74,76)(H,77,90)(H,79,87)(H,80,89)/t54-,61+,66-/m1/s1. The van der Waals surface area contributed by atoms with Gasteiger partial charge in [0.15, 0.2) is 0 Å². The van der Waals surface area contributed by atoms with Crippen LogP contribution in [0.25, 0.3) is 27.0 Å². The van der Waals surface area contributed by atoms with Gasteiger partial charge in [-0.25, -0.2) is 23.1 Å². The summed E-state index contributed by atoms with van der Waals surface area (Å²) in [4.78, 5) is 101. The number of anilines is 2. The number of allylic oxidation sites excluding steroid dienone is 1. The average molecular weight is 1390 g/mol. The number of aromatic amines is 1. The van der Waals surface area contributed by atoms with Crippen LogP contribution in [0.3, 0.4) is 0 Å². The number of likely N-dealkylation sites (tertiary alicyclic amines) is 2. The molecule has 1 aliphatic carbocycles. The zero-order chi connectivity index (χ0) is 69.6. The number of thiazole rings is 1. The lowest BCUT2D eigenvalue weighted by atomic mass is 9.72. The maximum Gasteiger partial charge on any atom is 0.293 e. The van der Waals surface area contributed by atoms with Gasteiger partial charge in [-0.2, -0.15) is 0 Å². The summed E-state index contributed by atoms with van der Waals surface area (Å²) in [5.74, 6) is -2.10. The third-order valence-electron chi connectivity index (χ3n) is 19.1. The minimum atomic E-state index is -4.70. The van der Waals surface area contributed by atoms with Gasteiger partial charge in [0.2, 0.25) is 23.6 Å². The first-order chi connectivity index (χ1) is 46.7. The molecule has 0 unspecified atom stereocenters. The number of nitrogens with zero attached hydrogens (tertiary/aromatic N) is 7. The van der Waals surface area contributed by atoms with Crippen molar-refractivity contribution >= 4 is 96.2 Å². The highest BCUT2D eigenvalue weighted by Gasteiger charge is 2.45. The number of β-amino-alcohol motifs (C(OH)–C–C–N with tert-alkyl or cyclic N) is 1. The number of benzene rings is 4. The zero-order valence-corrected chi connectivity index (χ0v) is 58.5. The molecule has 6 N–H and O–H groups in total. The lowest BCUT2D eigenvalue weighted by Gasteiger charge is -2.39. The van der Waals surface area contributed by atoms with Crippen LogP contribution < -0.4 is 30.3 Å². The Balaban J connectivity index is 0.656. The molecular formula is C72H85ClN12O11S2. The van der Waals surface area contributed by atoms with Crippen molar-refractivity contribution in [1.29, 1.82) is 0 Å². The third kappa shape index (κ3) is 17.2. The van der Waals surface area contributed by atoms with Crippen LogP contribution in [0.1, 0.15) is 120 Å². The van der Waals surface area contributed by atoms with Gasteiger partial charge in [0.05, 0.1) is 43.8 Å². The Bertz CT molecular complexity index is 4250. The number of aliphatic hydroxyl groups is 1. The van der Waals surface area contributed by atoms with Gasteiger partial charge in [-0.1, -0.05) is 88.2 Å². The number of piperidine rings is 1. The smallest absolute Gasteiger partial charge is 0.293 e. The number of nitro benzene ring substituents is 1. The summed E-state index contributed by atoms with van der Waals surface area (Å²) in [5, 5.41) is 33.6. The number of aliphatic hydroxyl groups excluding tert-OH is 1. The highest BCUT2D eigenvalue weighted by molar-refractivity contribution is 7.90. The predicted octanol–water partition coefficient (Wildman–Crippen LogP) is 10.9. The van der Waals surface area contributed by atoms with Crippen molar-refractivity contribution < 1.29 is 47.2 Å². The minimum Gasteiger partial charge on any atom is -0.455 e. The molecule has 4 aromatic carbocycles. The molecule has 5 amide bonds. The number of piperazine rings is 1. The Kier molecular flexibility index (Phi) is 21.7. The van der Waals surface area contributed by atoms with Gasteiger partial charge in [0, 0.05) is 119 Å². The lowest BCUT2D eigenvalue weighted by molar-refractivity contribution is -0.384. The van der Waals surface area contributed by atoms with Gasteiger partial charge >= 0.3 is 0 Å². The van der Waals surface area contributed by atoms with Crippen molar-refractivity contribution in [3.8, 4) is 21.9 Å². The fourth-order valence-electron chi connectivity index (χ4n) is 13.4. The van der Waals surface area contributed by atoms with E-state index in [1.54, 1.807) is 66.9 Å². The molecule has 26 heteroatoms. The molecule has 0 bridgehead atoms. The van der Waals surface area contributed by atoms with Crippen molar-refractivity contribution in [2.75, 3.05) is 69.1 Å². The van der Waals surface area contributed by atoms with Crippen LogP contribution in [0.4, 0.5) is 17.1 Å². The number of ether oxygens (including phenoxy) is 1. The highest BCUT2D eigenvalue weighted by Crippen LogP contribution is 2.44. The molecule has 7 aromatic rings. The van der Waals surface area contributed by atoms with Crippen molar-refractivity contribution in [3.05, 3.63) is 158 Å². The molecule has 518 valence electrons. The van der Waals surface area contributed by atoms with E-state index in [4.69, 9.17) is 16.3 Å². The Hall–Kier alpha value is -8.75. The fourth-order valence-corrected chi connectivity index (χ4v) is 15.3. The van der Waals surface area contributed by atoms with Gasteiger partial charge in [-0.05, 0) is 133 Å². The summed E-state index contributed by atoms with van der Waals surface area (Å²) in [7, 11) is -4.70. The van der Waals surface area contributed by atoms with Gasteiger partial charge in [0.25, 0.3) is 21.6 Å². The number of carbonyl (C=O) groups is 5. The number of nitro groups is 1. The van der Waals surface area contributed by atoms with Crippen LogP contribution in [0.5, 0.6) is 11.5 Å². The van der Waals surface area contributed by atoms with Gasteiger partial charge in [0.1, 0.15) is 34.9 Å². The molecule has 3 saturated heterocycles. The van der Waals surface area contributed by atoms with Crippen LogP contribution in [-0.2, 0) is 35.7 Å². The second-order valence-electron chi connectivity index (χ2n) is 27.9. The van der Waals surface area contributed by atoms with Gasteiger partial charge in [-0.3, -0.25) is 39.0 Å². The Morgan fingerprint density at radius 1 is 0.908 bits per heavy atom. The molecule has 0 radical (unpaired) electrons. The van der Waals surface area contributed by atoms with Crippen molar-refractivity contribution in [2.24, 2.45) is 16.7 Å². The number of hydrogen-bond acceptors (Lipinski definition) is 17. The number of amides is 5. The molecule has 23 nitrogen and oxygen atoms in total. The summed E-state index contributed by atoms with van der Waals surface area (Å²) < 4.78 is 36.6. The number of carbonyl (C=O) groups excluding carboxylic acids is 5. The van der Waals surface area contributed by atoms with Crippen molar-refractivity contribution in [2.45, 2.75) is 129 Å². The van der Waals surface area contributed by atoms with E-state index in [0.717, 1.165) is 77.7 Å². The fraction of sp³-hybridized carbons (Fsp3) is 0.431. The summed E-state index contributed by atoms with van der Waals surface area (Å²) in [6, 6.07) is 25.9. The van der Waals surface area contributed by atoms with Gasteiger partial charge < -0.3 is 45.5 Å². The average Bonchev–Trinajstić information content (AvgIpc) is 1.32.